The fraction of sp³-hybridized carbons (Fsp3) is 0.833. The first-order chi connectivity index (χ1) is 5.24. The van der Waals surface area contributed by atoms with E-state index in [2.05, 4.69) is 10.7 Å². The van der Waals surface area contributed by atoms with Crippen molar-refractivity contribution in [2.24, 2.45) is 5.90 Å². The minimum Gasteiger partial charge on any atom is -0.357 e. The first kappa shape index (κ1) is 8.26. The third-order valence-corrected chi connectivity index (χ3v) is 1.72. The highest BCUT2D eigenvalue weighted by atomic mass is 19.1. The lowest BCUT2D eigenvalue weighted by Crippen LogP contribution is -2.41. The largest absolute Gasteiger partial charge is 0.428 e. The number of rotatable bonds is 0. The topological polar surface area (TPSA) is 55.6 Å². The van der Waals surface area contributed by atoms with Crippen LogP contribution in [0.5, 0.6) is 0 Å². The maximum Gasteiger partial charge on any atom is 0.428 e. The summed E-state index contributed by atoms with van der Waals surface area (Å²) in [5.41, 5.74) is 0. The average molecular weight is 162 g/mol. The van der Waals surface area contributed by atoms with Crippen molar-refractivity contribution in [3.63, 3.8) is 0 Å². The highest BCUT2D eigenvalue weighted by molar-refractivity contribution is 5.67. The van der Waals surface area contributed by atoms with Crippen LogP contribution in [0.4, 0.5) is 9.18 Å². The van der Waals surface area contributed by atoms with Crippen LogP contribution < -0.4 is 5.90 Å². The Labute approximate surface area is 64.1 Å². The zero-order valence-corrected chi connectivity index (χ0v) is 6.12. The highest BCUT2D eigenvalue weighted by Gasteiger charge is 2.23. The monoisotopic (exact) mass is 162 g/mol. The predicted molar refractivity (Wildman–Crippen MR) is 36.4 cm³/mol. The summed E-state index contributed by atoms with van der Waals surface area (Å²) in [4.78, 5) is 16.0. The lowest BCUT2D eigenvalue weighted by Gasteiger charge is -2.26. The van der Waals surface area contributed by atoms with Gasteiger partial charge in [-0.25, -0.2) is 9.18 Å². The molecule has 1 rings (SSSR count). The molecule has 1 heterocycles. The molecule has 1 atom stereocenters. The van der Waals surface area contributed by atoms with Gasteiger partial charge in [-0.3, -0.25) is 0 Å². The van der Waals surface area contributed by atoms with E-state index in [-0.39, 0.29) is 6.54 Å². The zero-order chi connectivity index (χ0) is 8.27. The molecule has 0 saturated carbocycles. The Hall–Kier alpha value is -0.840. The van der Waals surface area contributed by atoms with Crippen molar-refractivity contribution in [3.05, 3.63) is 0 Å². The van der Waals surface area contributed by atoms with E-state index >= 15 is 0 Å². The van der Waals surface area contributed by atoms with E-state index in [4.69, 9.17) is 0 Å². The maximum absolute atomic E-state index is 12.6. The van der Waals surface area contributed by atoms with Crippen molar-refractivity contribution >= 4 is 6.09 Å². The molecule has 0 bridgehead atoms. The second kappa shape index (κ2) is 3.52. The van der Waals surface area contributed by atoms with E-state index in [1.54, 1.807) is 0 Å². The zero-order valence-electron chi connectivity index (χ0n) is 6.12. The number of alkyl halides is 1. The van der Waals surface area contributed by atoms with Crippen molar-refractivity contribution in [2.75, 3.05) is 13.1 Å². The first-order valence-corrected chi connectivity index (χ1v) is 3.53. The molecule has 2 N–H and O–H groups in total. The van der Waals surface area contributed by atoms with E-state index in [0.717, 1.165) is 0 Å². The number of likely N-dealkylation sites (tertiary alicyclic amines) is 1. The molecule has 0 aromatic heterocycles. The van der Waals surface area contributed by atoms with Crippen LogP contribution in [0.15, 0.2) is 0 Å². The molecule has 0 aromatic rings. The van der Waals surface area contributed by atoms with Gasteiger partial charge in [0.25, 0.3) is 0 Å². The van der Waals surface area contributed by atoms with Gasteiger partial charge in [-0.1, -0.05) is 0 Å². The summed E-state index contributed by atoms with van der Waals surface area (Å²) in [5.74, 6) is 4.63. The summed E-state index contributed by atoms with van der Waals surface area (Å²) < 4.78 is 12.6. The van der Waals surface area contributed by atoms with E-state index in [0.29, 0.717) is 19.4 Å². The van der Waals surface area contributed by atoms with Crippen LogP contribution in [0.1, 0.15) is 12.8 Å². The van der Waals surface area contributed by atoms with Gasteiger partial charge in [-0.2, -0.15) is 5.90 Å². The van der Waals surface area contributed by atoms with Crippen LogP contribution in [0, 0.1) is 0 Å². The molecular weight excluding hydrogens is 151 g/mol. The van der Waals surface area contributed by atoms with Crippen LogP contribution in [0.3, 0.4) is 0 Å². The molecular formula is C6H11FN2O2. The fourth-order valence-electron chi connectivity index (χ4n) is 1.17. The number of nitrogens with two attached hydrogens (primary N) is 1. The van der Waals surface area contributed by atoms with Crippen LogP contribution in [0.25, 0.3) is 0 Å². The van der Waals surface area contributed by atoms with Crippen molar-refractivity contribution in [1.29, 1.82) is 0 Å². The van der Waals surface area contributed by atoms with Crippen LogP contribution in [-0.2, 0) is 4.84 Å². The quantitative estimate of drug-likeness (QED) is 0.525. The molecule has 0 radical (unpaired) electrons. The van der Waals surface area contributed by atoms with Crippen molar-refractivity contribution in [1.82, 2.24) is 4.90 Å². The van der Waals surface area contributed by atoms with Crippen LogP contribution in [0.2, 0.25) is 0 Å². The number of halogens is 1. The standard InChI is InChI=1S/C6H11FN2O2/c7-5-2-1-3-9(4-5)6(10)11-8/h5H,1-4,8H2. The van der Waals surface area contributed by atoms with Crippen LogP contribution in [-0.4, -0.2) is 30.3 Å². The second-order valence-electron chi connectivity index (χ2n) is 2.57. The van der Waals surface area contributed by atoms with Gasteiger partial charge in [0.05, 0.1) is 6.54 Å². The molecule has 1 fully saturated rings. The molecule has 1 aliphatic rings. The summed E-state index contributed by atoms with van der Waals surface area (Å²) in [7, 11) is 0. The molecule has 0 aliphatic carbocycles. The lowest BCUT2D eigenvalue weighted by atomic mass is 10.1. The molecule has 5 heteroatoms. The van der Waals surface area contributed by atoms with Crippen molar-refractivity contribution in [2.45, 2.75) is 19.0 Å². The van der Waals surface area contributed by atoms with Crippen molar-refractivity contribution < 1.29 is 14.0 Å². The average Bonchev–Trinajstić information content (AvgIpc) is 2.03. The number of carbonyl (C=O) groups is 1. The van der Waals surface area contributed by atoms with Gasteiger partial charge in [0.1, 0.15) is 6.17 Å². The minimum atomic E-state index is -0.928. The summed E-state index contributed by atoms with van der Waals surface area (Å²) in [6, 6.07) is 0. The van der Waals surface area contributed by atoms with E-state index in [1.165, 1.54) is 4.90 Å². The molecule has 64 valence electrons. The Morgan fingerprint density at radius 1 is 1.73 bits per heavy atom. The number of nitrogens with zero attached hydrogens (tertiary/aromatic N) is 1. The molecule has 4 nitrogen and oxygen atoms in total. The van der Waals surface area contributed by atoms with E-state index in [1.807, 2.05) is 0 Å². The van der Waals surface area contributed by atoms with Gasteiger partial charge in [0.2, 0.25) is 0 Å². The molecule has 1 unspecified atom stereocenters. The second-order valence-corrected chi connectivity index (χ2v) is 2.57. The van der Waals surface area contributed by atoms with Gasteiger partial charge in [-0.15, -0.1) is 0 Å². The number of piperidine rings is 1. The smallest absolute Gasteiger partial charge is 0.357 e. The molecule has 0 aromatic carbocycles. The predicted octanol–water partition coefficient (Wildman–Crippen LogP) is 0.431. The molecule has 0 spiro atoms. The summed E-state index contributed by atoms with van der Waals surface area (Å²) in [6.45, 7) is 0.645. The Morgan fingerprint density at radius 3 is 3.00 bits per heavy atom. The highest BCUT2D eigenvalue weighted by Crippen LogP contribution is 2.12. The van der Waals surface area contributed by atoms with Gasteiger partial charge in [-0.05, 0) is 12.8 Å². The maximum atomic E-state index is 12.6. The molecule has 1 aliphatic heterocycles. The third kappa shape index (κ3) is 2.04. The van der Waals surface area contributed by atoms with E-state index in [9.17, 15) is 9.18 Å². The SMILES string of the molecule is NOC(=O)N1CCCC(F)C1. The number of hydrogen-bond acceptors (Lipinski definition) is 3. The molecule has 1 saturated heterocycles. The number of hydrogen-bond donors (Lipinski definition) is 1. The minimum absolute atomic E-state index is 0.107. The van der Waals surface area contributed by atoms with Gasteiger partial charge in [0, 0.05) is 6.54 Å². The lowest BCUT2D eigenvalue weighted by molar-refractivity contribution is 0.0767. The number of amides is 1. The summed E-state index contributed by atoms with van der Waals surface area (Å²) in [6.07, 6.45) is -0.375. The normalized spacial score (nSPS) is 24.9. The Bertz CT molecular complexity index is 154. The van der Waals surface area contributed by atoms with Crippen LogP contribution >= 0.6 is 0 Å². The Kier molecular flexibility index (Phi) is 2.64. The van der Waals surface area contributed by atoms with Gasteiger partial charge < -0.3 is 9.74 Å². The van der Waals surface area contributed by atoms with Gasteiger partial charge in [0.15, 0.2) is 0 Å². The van der Waals surface area contributed by atoms with Gasteiger partial charge >= 0.3 is 6.09 Å². The van der Waals surface area contributed by atoms with Crippen molar-refractivity contribution in [3.8, 4) is 0 Å². The summed E-state index contributed by atoms with van der Waals surface area (Å²) in [5, 5.41) is 0. The molecule has 1 amide bonds. The summed E-state index contributed by atoms with van der Waals surface area (Å²) >= 11 is 0. The van der Waals surface area contributed by atoms with E-state index < -0.39 is 12.3 Å². The molecule has 11 heavy (non-hydrogen) atoms. The fourth-order valence-corrected chi connectivity index (χ4v) is 1.17. The third-order valence-electron chi connectivity index (χ3n) is 1.72. The first-order valence-electron chi connectivity index (χ1n) is 3.53. The number of carbonyl (C=O) groups excluding carboxylic acids is 1. The Morgan fingerprint density at radius 2 is 2.45 bits per heavy atom. The Balaban J connectivity index is 2.39.